The van der Waals surface area contributed by atoms with Crippen molar-refractivity contribution in [3.05, 3.63) is 34.4 Å². The van der Waals surface area contributed by atoms with E-state index in [1.165, 1.54) is 32.9 Å². The van der Waals surface area contributed by atoms with Crippen LogP contribution in [0.4, 0.5) is 0 Å². The maximum atomic E-state index is 14.9. The smallest absolute Gasteiger partial charge is 0.243 e. The SMILES string of the molecule is Bc1c(B)c(B)c(C(B)(B)CNC(=O)C(NC(=O)[C@H](Cc2c(C)cc(O)cc2C)NC(=O)[C@H](N)CCCNC(=N)N)C(B)(B)C(B)(B)C(B)(B)C(B)(B)N)c(B)c1B. The number of hydrogen-bond acceptors (Lipinski definition) is 7. The van der Waals surface area contributed by atoms with Gasteiger partial charge >= 0.3 is 0 Å². The Labute approximate surface area is 361 Å². The van der Waals surface area contributed by atoms with E-state index in [9.17, 15) is 19.5 Å². The quantitative estimate of drug-likeness (QED) is 0.0306. The number of rotatable bonds is 18. The van der Waals surface area contributed by atoms with Crippen LogP contribution in [0.2, 0.25) is 15.6 Å². The molecule has 3 atom stereocenters. The number of guanidine groups is 1. The van der Waals surface area contributed by atoms with Crippen molar-refractivity contribution in [3.8, 4) is 5.75 Å². The molecule has 2 aromatic carbocycles. The number of aromatic hydroxyl groups is 1. The van der Waals surface area contributed by atoms with Crippen LogP contribution in [0, 0.1) is 19.3 Å². The summed E-state index contributed by atoms with van der Waals surface area (Å²) >= 11 is 0. The number of phenolic OH excluding ortho intramolecular Hbond substituents is 1. The molecule has 12 nitrogen and oxygen atoms in total. The highest BCUT2D eigenvalue weighted by Gasteiger charge is 2.56. The predicted octanol–water partition coefficient (Wildman–Crippen LogP) is -18.3. The summed E-state index contributed by atoms with van der Waals surface area (Å²) in [5, 5.41) is 26.5. The van der Waals surface area contributed by atoms with E-state index in [4.69, 9.17) is 22.6 Å². The Morgan fingerprint density at radius 2 is 1.24 bits per heavy atom. The molecule has 3 amide bonds. The number of nitrogens with one attached hydrogen (secondary N) is 5. The first-order valence-electron chi connectivity index (χ1n) is 20.6. The molecule has 2 rings (SSSR count). The van der Waals surface area contributed by atoms with E-state index < -0.39 is 56.1 Å². The van der Waals surface area contributed by atoms with Gasteiger partial charge in [0.05, 0.1) is 43.5 Å². The third-order valence-corrected chi connectivity index (χ3v) is 14.5. The Bertz CT molecular complexity index is 1840. The standard InChI is InChI=1S/C31H63B15N8O4/c1-10-6-12(55)7-11(2)13(10)8-15(53-23(56)14(47)4-3-5-51-26(48)49)24(57)54-22(28(39,40)29(41,42)30(43,44)31(45,46)50)25(58)52-9-27(37,38)16-17(32)19(34)21(36)20(35)18(16)33/h6-7,14-15,22,55H,3-5,8-9,32-47,50H2,1-2H3,(H,52,58)(H,53,56)(H,54,57)(H4,48,49,51)/t14-,15+,22?/m1/s1. The van der Waals surface area contributed by atoms with E-state index in [0.29, 0.717) is 19.5 Å². The molecule has 0 spiro atoms. The minimum Gasteiger partial charge on any atom is -0.508 e. The molecule has 0 heterocycles. The molecule has 0 aliphatic heterocycles. The number of carbonyl (C=O) groups is 3. The zero-order valence-corrected chi connectivity index (χ0v) is 38.8. The first-order valence-corrected chi connectivity index (χ1v) is 20.6. The van der Waals surface area contributed by atoms with E-state index in [1.807, 2.05) is 45.2 Å². The summed E-state index contributed by atoms with van der Waals surface area (Å²) < 4.78 is 0. The van der Waals surface area contributed by atoms with Crippen molar-refractivity contribution in [1.29, 1.82) is 5.41 Å². The number of hydrogen-bond donors (Lipinski definition) is 9. The number of aryl methyl sites for hydroxylation is 2. The van der Waals surface area contributed by atoms with Gasteiger partial charge in [-0.2, -0.15) is 0 Å². The fraction of sp³-hybridized carbons (Fsp3) is 0.484. The lowest BCUT2D eigenvalue weighted by Crippen LogP contribution is -2.67. The van der Waals surface area contributed by atoms with E-state index in [1.54, 1.807) is 12.1 Å². The fourth-order valence-corrected chi connectivity index (χ4v) is 8.46. The number of amides is 3. The van der Waals surface area contributed by atoms with Gasteiger partial charge in [0.15, 0.2) is 5.96 Å². The summed E-state index contributed by atoms with van der Waals surface area (Å²) in [5.41, 5.74) is 28.2. The van der Waals surface area contributed by atoms with Crippen LogP contribution in [0.15, 0.2) is 12.1 Å². The third kappa shape index (κ3) is 11.1. The van der Waals surface area contributed by atoms with Gasteiger partial charge in [0.25, 0.3) is 0 Å². The van der Waals surface area contributed by atoms with Crippen molar-refractivity contribution < 1.29 is 19.5 Å². The fourth-order valence-electron chi connectivity index (χ4n) is 8.46. The molecule has 1 unspecified atom stereocenters. The Kier molecular flexibility index (Phi) is 16.7. The molecule has 0 aliphatic rings. The summed E-state index contributed by atoms with van der Waals surface area (Å²) in [5.74, 6) is -1.50. The van der Waals surface area contributed by atoms with Crippen molar-refractivity contribution in [2.24, 2.45) is 17.2 Å². The summed E-state index contributed by atoms with van der Waals surface area (Å²) in [7, 11) is 31.3. The molecule has 0 radical (unpaired) electrons. The van der Waals surface area contributed by atoms with Gasteiger partial charge in [-0.25, -0.2) is 0 Å². The largest absolute Gasteiger partial charge is 0.508 e. The lowest BCUT2D eigenvalue weighted by atomic mass is 9.11. The summed E-state index contributed by atoms with van der Waals surface area (Å²) in [6.45, 7) is 4.35. The van der Waals surface area contributed by atoms with E-state index in [2.05, 4.69) is 108 Å². The van der Waals surface area contributed by atoms with Crippen LogP contribution in [-0.2, 0) is 26.0 Å². The van der Waals surface area contributed by atoms with Crippen LogP contribution in [0.25, 0.3) is 0 Å². The Hall–Kier alpha value is -3.19. The predicted molar refractivity (Wildman–Crippen MR) is 285 cm³/mol. The zero-order valence-electron chi connectivity index (χ0n) is 38.8. The second-order valence-electron chi connectivity index (χ2n) is 19.6. The van der Waals surface area contributed by atoms with Crippen LogP contribution >= 0.6 is 0 Å². The monoisotopic (exact) mass is 777 g/mol. The second-order valence-corrected chi connectivity index (χ2v) is 19.6. The van der Waals surface area contributed by atoms with Gasteiger partial charge in [-0.15, -0.1) is 16.4 Å². The third-order valence-electron chi connectivity index (χ3n) is 14.5. The summed E-state index contributed by atoms with van der Waals surface area (Å²) in [4.78, 5) is 43.4. The van der Waals surface area contributed by atoms with E-state index >= 15 is 0 Å². The Morgan fingerprint density at radius 3 is 1.71 bits per heavy atom. The first-order chi connectivity index (χ1) is 26.2. The topological polar surface area (TPSA) is 221 Å². The highest BCUT2D eigenvalue weighted by Crippen LogP contribution is 2.60. The van der Waals surface area contributed by atoms with Crippen LogP contribution in [0.5, 0.6) is 5.75 Å². The maximum absolute atomic E-state index is 14.9. The molecular formula is C31H63B15N8O4. The maximum Gasteiger partial charge on any atom is 0.243 e. The van der Waals surface area contributed by atoms with Crippen molar-refractivity contribution in [2.75, 3.05) is 13.1 Å². The highest BCUT2D eigenvalue weighted by molar-refractivity contribution is 6.68. The van der Waals surface area contributed by atoms with Gasteiger partial charge in [-0.05, 0) is 60.7 Å². The molecule has 0 saturated heterocycles. The van der Waals surface area contributed by atoms with Crippen LogP contribution < -0.4 is 65.8 Å². The molecular weight excluding hydrogens is 711 g/mol. The van der Waals surface area contributed by atoms with E-state index in [0.717, 1.165) is 16.7 Å². The highest BCUT2D eigenvalue weighted by atomic mass is 16.3. The van der Waals surface area contributed by atoms with E-state index in [-0.39, 0.29) is 30.5 Å². The molecule has 0 fully saturated rings. The van der Waals surface area contributed by atoms with Gasteiger partial charge in [0.1, 0.15) is 98.1 Å². The second kappa shape index (κ2) is 19.0. The van der Waals surface area contributed by atoms with Crippen molar-refractivity contribution in [3.63, 3.8) is 0 Å². The minimum atomic E-state index is -1.12. The number of benzene rings is 2. The van der Waals surface area contributed by atoms with Crippen molar-refractivity contribution in [2.45, 2.75) is 77.4 Å². The van der Waals surface area contributed by atoms with Crippen molar-refractivity contribution >= 4 is 169 Å². The molecule has 0 bridgehead atoms. The molecule has 12 N–H and O–H groups in total. The number of carbonyl (C=O) groups excluding carboxylic acids is 3. The molecule has 58 heavy (non-hydrogen) atoms. The lowest BCUT2D eigenvalue weighted by molar-refractivity contribution is -0.132. The molecule has 2 aromatic rings. The average molecular weight is 774 g/mol. The van der Waals surface area contributed by atoms with Crippen LogP contribution in [-0.4, -0.2) is 183 Å². The first kappa shape index (κ1) is 51.0. The average Bonchev–Trinajstić information content (AvgIpc) is 3.09. The Morgan fingerprint density at radius 1 is 0.759 bits per heavy atom. The summed E-state index contributed by atoms with van der Waals surface area (Å²) in [6, 6.07) is 0.103. The number of phenols is 1. The van der Waals surface area contributed by atoms with Crippen molar-refractivity contribution in [1.82, 2.24) is 21.3 Å². The normalized spacial score (nSPS) is 14.1. The summed E-state index contributed by atoms with van der Waals surface area (Å²) in [6.07, 6.45) is 0.838. The van der Waals surface area contributed by atoms with Crippen LogP contribution in [0.1, 0.15) is 35.1 Å². The molecule has 0 aliphatic carbocycles. The van der Waals surface area contributed by atoms with Gasteiger partial charge < -0.3 is 43.6 Å². The number of nitrogens with two attached hydrogens (primary N) is 3. The zero-order chi connectivity index (χ0) is 45.1. The molecule has 296 valence electrons. The lowest BCUT2D eigenvalue weighted by Gasteiger charge is -2.61. The van der Waals surface area contributed by atoms with Gasteiger partial charge in [0, 0.05) is 19.5 Å². The van der Waals surface area contributed by atoms with Gasteiger partial charge in [-0.3, -0.25) is 19.8 Å². The molecule has 0 aromatic heterocycles. The van der Waals surface area contributed by atoms with Gasteiger partial charge in [0.2, 0.25) is 17.7 Å². The molecule has 27 heteroatoms. The Balaban J connectivity index is 2.70. The minimum absolute atomic E-state index is 0.0886. The molecule has 0 saturated carbocycles. The van der Waals surface area contributed by atoms with Crippen LogP contribution in [0.3, 0.4) is 0 Å². The van der Waals surface area contributed by atoms with Gasteiger partial charge in [-0.1, -0.05) is 37.5 Å².